The number of anilines is 2. The van der Waals surface area contributed by atoms with Crippen molar-refractivity contribution in [1.29, 1.82) is 0 Å². The van der Waals surface area contributed by atoms with Gasteiger partial charge >= 0.3 is 0 Å². The highest BCUT2D eigenvalue weighted by molar-refractivity contribution is 7.00. The molecule has 1 N–H and O–H groups in total. The lowest BCUT2D eigenvalue weighted by Gasteiger charge is -2.36. The summed E-state index contributed by atoms with van der Waals surface area (Å²) in [4.78, 5) is 21.4. The van der Waals surface area contributed by atoms with E-state index in [9.17, 15) is 4.79 Å². The Balaban J connectivity index is 1.16. The van der Waals surface area contributed by atoms with Crippen LogP contribution in [-0.4, -0.2) is 105 Å². The molecular weight excluding hydrogens is 428 g/mol. The number of amides is 1. The molecule has 10 nitrogen and oxygen atoms in total. The first kappa shape index (κ1) is 21.0. The fraction of sp³-hybridized carbons (Fsp3) is 0.476. The zero-order chi connectivity index (χ0) is 21.9. The molecule has 4 heterocycles. The number of hydrogen-bond donors (Lipinski definition) is 1. The van der Waals surface area contributed by atoms with Crippen LogP contribution in [0, 0.1) is 0 Å². The van der Waals surface area contributed by atoms with Gasteiger partial charge in [-0.25, -0.2) is 0 Å². The maximum Gasteiger partial charge on any atom is 0.254 e. The minimum absolute atomic E-state index is 0.0290. The second-order valence-corrected chi connectivity index (χ2v) is 8.58. The van der Waals surface area contributed by atoms with E-state index in [1.54, 1.807) is 0 Å². The van der Waals surface area contributed by atoms with Gasteiger partial charge in [0.25, 0.3) is 5.91 Å². The zero-order valence-corrected chi connectivity index (χ0v) is 18.6. The van der Waals surface area contributed by atoms with Crippen molar-refractivity contribution >= 4 is 40.3 Å². The summed E-state index contributed by atoms with van der Waals surface area (Å²) < 4.78 is 8.43. The van der Waals surface area contributed by atoms with Gasteiger partial charge in [-0.05, 0) is 30.3 Å². The molecule has 0 bridgehead atoms. The van der Waals surface area contributed by atoms with Crippen LogP contribution in [0.5, 0.6) is 0 Å². The maximum absolute atomic E-state index is 12.9. The molecule has 1 aromatic carbocycles. The number of aliphatic hydroxyl groups is 1. The highest BCUT2D eigenvalue weighted by Gasteiger charge is 2.24. The molecule has 0 atom stereocenters. The first-order valence-corrected chi connectivity index (χ1v) is 11.6. The Morgan fingerprint density at radius 2 is 1.47 bits per heavy atom. The van der Waals surface area contributed by atoms with Crippen LogP contribution in [0.3, 0.4) is 0 Å². The van der Waals surface area contributed by atoms with Gasteiger partial charge in [-0.3, -0.25) is 9.69 Å². The van der Waals surface area contributed by atoms with Gasteiger partial charge in [0.15, 0.2) is 11.6 Å². The molecule has 2 aromatic heterocycles. The average Bonchev–Trinajstić information content (AvgIpc) is 3.33. The molecule has 0 saturated carbocycles. The van der Waals surface area contributed by atoms with E-state index in [4.69, 9.17) is 5.11 Å². The molecule has 32 heavy (non-hydrogen) atoms. The molecule has 0 unspecified atom stereocenters. The minimum Gasteiger partial charge on any atom is -0.395 e. The number of rotatable bonds is 5. The molecule has 0 spiro atoms. The highest BCUT2D eigenvalue weighted by atomic mass is 32.1. The van der Waals surface area contributed by atoms with Gasteiger partial charge in [-0.2, -0.15) is 8.75 Å². The second-order valence-electron chi connectivity index (χ2n) is 8.05. The zero-order valence-electron chi connectivity index (χ0n) is 17.8. The molecule has 168 valence electrons. The van der Waals surface area contributed by atoms with Crippen LogP contribution in [0.25, 0.3) is 11.0 Å². The van der Waals surface area contributed by atoms with Crippen molar-refractivity contribution in [1.82, 2.24) is 28.7 Å². The van der Waals surface area contributed by atoms with Crippen molar-refractivity contribution in [2.24, 2.45) is 0 Å². The molecule has 5 rings (SSSR count). The van der Waals surface area contributed by atoms with Crippen molar-refractivity contribution in [3.8, 4) is 0 Å². The molecule has 1 amide bonds. The van der Waals surface area contributed by atoms with Crippen LogP contribution in [0.15, 0.2) is 30.3 Å². The first-order chi connectivity index (χ1) is 15.7. The predicted molar refractivity (Wildman–Crippen MR) is 123 cm³/mol. The van der Waals surface area contributed by atoms with Gasteiger partial charge in [-0.15, -0.1) is 10.2 Å². The fourth-order valence-corrected chi connectivity index (χ4v) is 4.75. The molecule has 2 fully saturated rings. The van der Waals surface area contributed by atoms with Crippen molar-refractivity contribution in [3.63, 3.8) is 0 Å². The summed E-state index contributed by atoms with van der Waals surface area (Å²) in [5.41, 5.74) is 2.25. The third-order valence-corrected chi connectivity index (χ3v) is 6.70. The molecule has 11 heteroatoms. The third-order valence-electron chi connectivity index (χ3n) is 6.14. The number of fused-ring (bicyclic) bond motifs is 1. The Kier molecular flexibility index (Phi) is 6.10. The van der Waals surface area contributed by atoms with Crippen molar-refractivity contribution in [2.45, 2.75) is 0 Å². The van der Waals surface area contributed by atoms with E-state index in [1.807, 2.05) is 35.2 Å². The SMILES string of the molecule is O=C(c1ccc2nsnc2c1)N1CCN(c2ccc(N3CCN(CCO)CC3)nn2)CC1. The van der Waals surface area contributed by atoms with Crippen molar-refractivity contribution in [3.05, 3.63) is 35.9 Å². The van der Waals surface area contributed by atoms with E-state index in [0.29, 0.717) is 18.7 Å². The second kappa shape index (κ2) is 9.31. The van der Waals surface area contributed by atoms with Crippen LogP contribution >= 0.6 is 11.7 Å². The van der Waals surface area contributed by atoms with Crippen LogP contribution in [0.4, 0.5) is 11.6 Å². The van der Waals surface area contributed by atoms with Crippen molar-refractivity contribution in [2.75, 3.05) is 75.3 Å². The lowest BCUT2D eigenvalue weighted by atomic mass is 10.1. The van der Waals surface area contributed by atoms with Gasteiger partial charge in [0.2, 0.25) is 0 Å². The monoisotopic (exact) mass is 454 g/mol. The van der Waals surface area contributed by atoms with Crippen LogP contribution in [-0.2, 0) is 0 Å². The Labute approximate surface area is 190 Å². The van der Waals surface area contributed by atoms with E-state index >= 15 is 0 Å². The van der Waals surface area contributed by atoms with Crippen molar-refractivity contribution < 1.29 is 9.90 Å². The topological polar surface area (TPSA) is 102 Å². The summed E-state index contributed by atoms with van der Waals surface area (Å²) in [5, 5.41) is 18.0. The molecule has 0 radical (unpaired) electrons. The minimum atomic E-state index is 0.0290. The number of hydrogen-bond acceptors (Lipinski definition) is 10. The average molecular weight is 455 g/mol. The highest BCUT2D eigenvalue weighted by Crippen LogP contribution is 2.20. The number of carbonyl (C=O) groups excluding carboxylic acids is 1. The Bertz CT molecular complexity index is 1060. The standard InChI is InChI=1S/C21H26N8O2S/c30-14-13-26-5-7-27(8-6-26)19-3-4-20(23-22-19)28-9-11-29(12-10-28)21(31)16-1-2-17-18(15-16)25-32-24-17/h1-4,15,30H,5-14H2. The quantitative estimate of drug-likeness (QED) is 0.592. The summed E-state index contributed by atoms with van der Waals surface area (Å²) in [6.07, 6.45) is 0. The third kappa shape index (κ3) is 4.36. The lowest BCUT2D eigenvalue weighted by Crippen LogP contribution is -2.49. The number of aliphatic hydroxyl groups excluding tert-OH is 1. The smallest absolute Gasteiger partial charge is 0.254 e. The van der Waals surface area contributed by atoms with Crippen LogP contribution < -0.4 is 9.80 Å². The first-order valence-electron chi connectivity index (χ1n) is 10.9. The van der Waals surface area contributed by atoms with Gasteiger partial charge < -0.3 is 19.8 Å². The fourth-order valence-electron chi connectivity index (χ4n) is 4.23. The number of carbonyl (C=O) groups is 1. The maximum atomic E-state index is 12.9. The largest absolute Gasteiger partial charge is 0.395 e. The van der Waals surface area contributed by atoms with E-state index in [2.05, 4.69) is 33.6 Å². The summed E-state index contributed by atoms with van der Waals surface area (Å²) in [6, 6.07) is 9.54. The molecular formula is C21H26N8O2S. The van der Waals surface area contributed by atoms with E-state index in [0.717, 1.165) is 80.2 Å². The van der Waals surface area contributed by atoms with Crippen LogP contribution in [0.2, 0.25) is 0 Å². The van der Waals surface area contributed by atoms with E-state index in [-0.39, 0.29) is 12.5 Å². The number of benzene rings is 1. The number of aromatic nitrogens is 4. The Morgan fingerprint density at radius 3 is 2.09 bits per heavy atom. The summed E-state index contributed by atoms with van der Waals surface area (Å²) >= 11 is 1.16. The molecule has 2 aliphatic rings. The summed E-state index contributed by atoms with van der Waals surface area (Å²) in [5.74, 6) is 1.76. The molecule has 2 saturated heterocycles. The normalized spacial score (nSPS) is 17.8. The lowest BCUT2D eigenvalue weighted by molar-refractivity contribution is 0.0746. The molecule has 0 aliphatic carbocycles. The Morgan fingerprint density at radius 1 is 0.844 bits per heavy atom. The van der Waals surface area contributed by atoms with E-state index < -0.39 is 0 Å². The number of β-amino-alcohol motifs (C(OH)–C–C–N with tert-alkyl or cyclic N) is 1. The van der Waals surface area contributed by atoms with Crippen LogP contribution in [0.1, 0.15) is 10.4 Å². The van der Waals surface area contributed by atoms with Gasteiger partial charge in [-0.1, -0.05) is 0 Å². The van der Waals surface area contributed by atoms with Gasteiger partial charge in [0.05, 0.1) is 18.3 Å². The number of nitrogens with zero attached hydrogens (tertiary/aromatic N) is 8. The Hall–Kier alpha value is -2.89. The molecule has 3 aromatic rings. The number of piperazine rings is 2. The van der Waals surface area contributed by atoms with E-state index in [1.165, 1.54) is 0 Å². The predicted octanol–water partition coefficient (Wildman–Crippen LogP) is 0.558. The molecule has 2 aliphatic heterocycles. The van der Waals surface area contributed by atoms with Gasteiger partial charge in [0, 0.05) is 64.5 Å². The van der Waals surface area contributed by atoms with Gasteiger partial charge in [0.1, 0.15) is 11.0 Å². The summed E-state index contributed by atoms with van der Waals surface area (Å²) in [6.45, 7) is 7.27. The summed E-state index contributed by atoms with van der Waals surface area (Å²) in [7, 11) is 0.